The molecule has 0 radical (unpaired) electrons. The third kappa shape index (κ3) is 3.50. The van der Waals surface area contributed by atoms with E-state index in [0.29, 0.717) is 0 Å². The fourth-order valence-electron chi connectivity index (χ4n) is 0.893. The van der Waals surface area contributed by atoms with E-state index in [0.717, 1.165) is 32.0 Å². The van der Waals surface area contributed by atoms with Crippen molar-refractivity contribution in [1.82, 2.24) is 15.3 Å². The minimum Gasteiger partial charge on any atom is -0.380 e. The lowest BCUT2D eigenvalue weighted by Crippen LogP contribution is -2.19. The first-order valence-electron chi connectivity index (χ1n) is 4.19. The number of rotatable bonds is 6. The smallest absolute Gasteiger partial charge is 0.0922 e. The predicted octanol–water partition coefficient (Wildman–Crippen LogP) is 0.536. The Kier molecular flexibility index (Phi) is 4.41. The summed E-state index contributed by atoms with van der Waals surface area (Å²) in [5, 5.41) is 3.23. The van der Waals surface area contributed by atoms with Crippen LogP contribution in [0.15, 0.2) is 12.5 Å². The van der Waals surface area contributed by atoms with Gasteiger partial charge in [0.05, 0.1) is 12.9 Å². The molecule has 0 amide bonds. The highest BCUT2D eigenvalue weighted by Crippen LogP contribution is 1.87. The summed E-state index contributed by atoms with van der Waals surface area (Å²) in [6.45, 7) is 5.26. The first kappa shape index (κ1) is 9.22. The van der Waals surface area contributed by atoms with E-state index < -0.39 is 0 Å². The van der Waals surface area contributed by atoms with E-state index in [1.807, 2.05) is 13.1 Å². The zero-order valence-electron chi connectivity index (χ0n) is 7.34. The topological polar surface area (TPSA) is 49.9 Å². The van der Waals surface area contributed by atoms with Gasteiger partial charge in [-0.3, -0.25) is 0 Å². The van der Waals surface area contributed by atoms with Gasteiger partial charge in [-0.15, -0.1) is 0 Å². The standard InChI is InChI=1S/C8H15N3O/c1-2-12-4-3-9-5-8-6-10-7-11-8/h6-7,9H,2-5H2,1H3,(H,10,11). The third-order valence-corrected chi connectivity index (χ3v) is 1.50. The summed E-state index contributed by atoms with van der Waals surface area (Å²) in [6.07, 6.45) is 3.49. The quantitative estimate of drug-likeness (QED) is 0.611. The van der Waals surface area contributed by atoms with Crippen LogP contribution in [0.25, 0.3) is 0 Å². The highest BCUT2D eigenvalue weighted by Gasteiger charge is 1.91. The Labute approximate surface area is 72.3 Å². The van der Waals surface area contributed by atoms with Crippen molar-refractivity contribution in [2.75, 3.05) is 19.8 Å². The van der Waals surface area contributed by atoms with Gasteiger partial charge in [0, 0.05) is 31.6 Å². The molecule has 4 nitrogen and oxygen atoms in total. The molecule has 0 unspecified atom stereocenters. The van der Waals surface area contributed by atoms with Crippen LogP contribution in [-0.2, 0) is 11.3 Å². The van der Waals surface area contributed by atoms with Gasteiger partial charge in [-0.25, -0.2) is 4.98 Å². The zero-order chi connectivity index (χ0) is 8.65. The van der Waals surface area contributed by atoms with Gasteiger partial charge >= 0.3 is 0 Å². The average Bonchev–Trinajstić information content (AvgIpc) is 2.57. The molecule has 0 spiro atoms. The van der Waals surface area contributed by atoms with Gasteiger partial charge in [-0.2, -0.15) is 0 Å². The number of nitrogens with one attached hydrogen (secondary N) is 2. The summed E-state index contributed by atoms with van der Waals surface area (Å²) >= 11 is 0. The lowest BCUT2D eigenvalue weighted by atomic mass is 10.5. The molecule has 4 heteroatoms. The van der Waals surface area contributed by atoms with E-state index in [-0.39, 0.29) is 0 Å². The molecule has 0 bridgehead atoms. The molecule has 0 aromatic carbocycles. The van der Waals surface area contributed by atoms with Crippen LogP contribution in [0, 0.1) is 0 Å². The molecule has 0 saturated heterocycles. The first-order chi connectivity index (χ1) is 5.93. The maximum Gasteiger partial charge on any atom is 0.0922 e. The number of ether oxygens (including phenoxy) is 1. The SMILES string of the molecule is CCOCCNCc1cnc[nH]1. The number of imidazole rings is 1. The molecule has 0 aliphatic heterocycles. The van der Waals surface area contributed by atoms with Gasteiger partial charge in [0.2, 0.25) is 0 Å². The monoisotopic (exact) mass is 169 g/mol. The Morgan fingerprint density at radius 1 is 1.67 bits per heavy atom. The lowest BCUT2D eigenvalue weighted by molar-refractivity contribution is 0.149. The van der Waals surface area contributed by atoms with Crippen LogP contribution < -0.4 is 5.32 Å². The Balaban J connectivity index is 1.96. The second-order valence-corrected chi connectivity index (χ2v) is 2.45. The first-order valence-corrected chi connectivity index (χ1v) is 4.19. The van der Waals surface area contributed by atoms with Crippen molar-refractivity contribution in [1.29, 1.82) is 0 Å². The van der Waals surface area contributed by atoms with Crippen LogP contribution in [0.3, 0.4) is 0 Å². The minimum absolute atomic E-state index is 0.768. The summed E-state index contributed by atoms with van der Waals surface area (Å²) < 4.78 is 5.16. The molecular formula is C8H15N3O. The summed E-state index contributed by atoms with van der Waals surface area (Å²) in [7, 11) is 0. The highest BCUT2D eigenvalue weighted by molar-refractivity contribution is 4.92. The minimum atomic E-state index is 0.768. The average molecular weight is 169 g/mol. The van der Waals surface area contributed by atoms with Crippen LogP contribution >= 0.6 is 0 Å². The van der Waals surface area contributed by atoms with Crippen LogP contribution in [0.4, 0.5) is 0 Å². The Bertz CT molecular complexity index is 186. The molecule has 0 fully saturated rings. The Morgan fingerprint density at radius 2 is 2.58 bits per heavy atom. The second-order valence-electron chi connectivity index (χ2n) is 2.45. The van der Waals surface area contributed by atoms with Gasteiger partial charge in [-0.05, 0) is 6.92 Å². The van der Waals surface area contributed by atoms with Gasteiger partial charge in [-0.1, -0.05) is 0 Å². The van der Waals surface area contributed by atoms with Gasteiger partial charge < -0.3 is 15.0 Å². The van der Waals surface area contributed by atoms with E-state index in [1.165, 1.54) is 0 Å². The number of hydrogen-bond acceptors (Lipinski definition) is 3. The lowest BCUT2D eigenvalue weighted by Gasteiger charge is -2.02. The van der Waals surface area contributed by atoms with Crippen molar-refractivity contribution in [3.8, 4) is 0 Å². The van der Waals surface area contributed by atoms with E-state index in [2.05, 4.69) is 15.3 Å². The van der Waals surface area contributed by atoms with Gasteiger partial charge in [0.1, 0.15) is 0 Å². The maximum absolute atomic E-state index is 5.16. The van der Waals surface area contributed by atoms with Crippen molar-refractivity contribution >= 4 is 0 Å². The molecule has 0 atom stereocenters. The number of aromatic amines is 1. The largest absolute Gasteiger partial charge is 0.380 e. The number of hydrogen-bond donors (Lipinski definition) is 2. The summed E-state index contributed by atoms with van der Waals surface area (Å²) in [5.74, 6) is 0. The molecule has 0 aliphatic carbocycles. The number of nitrogens with zero attached hydrogens (tertiary/aromatic N) is 1. The summed E-state index contributed by atoms with van der Waals surface area (Å²) in [4.78, 5) is 6.92. The maximum atomic E-state index is 5.16. The number of H-pyrrole nitrogens is 1. The second kappa shape index (κ2) is 5.74. The molecule has 12 heavy (non-hydrogen) atoms. The van der Waals surface area contributed by atoms with E-state index in [4.69, 9.17) is 4.74 Å². The fraction of sp³-hybridized carbons (Fsp3) is 0.625. The van der Waals surface area contributed by atoms with Crippen molar-refractivity contribution in [3.05, 3.63) is 18.2 Å². The highest BCUT2D eigenvalue weighted by atomic mass is 16.5. The summed E-state index contributed by atoms with van der Waals surface area (Å²) in [5.41, 5.74) is 1.10. The normalized spacial score (nSPS) is 10.4. The molecule has 0 aliphatic rings. The van der Waals surface area contributed by atoms with Crippen molar-refractivity contribution in [2.45, 2.75) is 13.5 Å². The Hall–Kier alpha value is -0.870. The fourth-order valence-corrected chi connectivity index (χ4v) is 0.893. The summed E-state index contributed by atoms with van der Waals surface area (Å²) in [6, 6.07) is 0. The Morgan fingerprint density at radius 3 is 3.25 bits per heavy atom. The molecule has 1 aromatic rings. The molecule has 1 rings (SSSR count). The van der Waals surface area contributed by atoms with Crippen molar-refractivity contribution in [2.24, 2.45) is 0 Å². The molecule has 0 saturated carbocycles. The van der Waals surface area contributed by atoms with E-state index in [9.17, 15) is 0 Å². The van der Waals surface area contributed by atoms with Crippen molar-refractivity contribution in [3.63, 3.8) is 0 Å². The molecule has 1 aromatic heterocycles. The zero-order valence-corrected chi connectivity index (χ0v) is 7.34. The van der Waals surface area contributed by atoms with Gasteiger partial charge in [0.15, 0.2) is 0 Å². The van der Waals surface area contributed by atoms with E-state index >= 15 is 0 Å². The molecule has 1 heterocycles. The van der Waals surface area contributed by atoms with Crippen LogP contribution in [-0.4, -0.2) is 29.7 Å². The van der Waals surface area contributed by atoms with Crippen LogP contribution in [0.1, 0.15) is 12.6 Å². The van der Waals surface area contributed by atoms with Crippen molar-refractivity contribution < 1.29 is 4.74 Å². The third-order valence-electron chi connectivity index (χ3n) is 1.50. The van der Waals surface area contributed by atoms with E-state index in [1.54, 1.807) is 6.33 Å². The molecular weight excluding hydrogens is 154 g/mol. The molecule has 68 valence electrons. The molecule has 2 N–H and O–H groups in total. The van der Waals surface area contributed by atoms with Crippen LogP contribution in [0.2, 0.25) is 0 Å². The number of aromatic nitrogens is 2. The van der Waals surface area contributed by atoms with Gasteiger partial charge in [0.25, 0.3) is 0 Å². The van der Waals surface area contributed by atoms with Crippen LogP contribution in [0.5, 0.6) is 0 Å². The predicted molar refractivity (Wildman–Crippen MR) is 46.8 cm³/mol.